The largest absolute Gasteiger partial charge is 0.383 e. The van der Waals surface area contributed by atoms with Crippen LogP contribution < -0.4 is 10.6 Å². The van der Waals surface area contributed by atoms with Crippen LogP contribution in [0.15, 0.2) is 4.90 Å². The molecule has 1 rings (SSSR count). The minimum Gasteiger partial charge on any atom is -0.383 e. The van der Waals surface area contributed by atoms with Crippen LogP contribution in [0.1, 0.15) is 27.2 Å². The first-order valence-corrected chi connectivity index (χ1v) is 8.35. The number of aryl methyl sites for hydroxylation is 1. The Morgan fingerprint density at radius 3 is 2.42 bits per heavy atom. The van der Waals surface area contributed by atoms with Crippen LogP contribution in [0.4, 0.5) is 11.6 Å². The molecule has 110 valence electrons. The van der Waals surface area contributed by atoms with Crippen molar-refractivity contribution < 1.29 is 8.42 Å². The van der Waals surface area contributed by atoms with Gasteiger partial charge in [-0.25, -0.2) is 13.1 Å². The predicted octanol–water partition coefficient (Wildman–Crippen LogP) is 1.37. The second-order valence-corrected chi connectivity index (χ2v) is 7.18. The summed E-state index contributed by atoms with van der Waals surface area (Å²) in [5, 5.41) is 4.36. The molecule has 0 saturated heterocycles. The van der Waals surface area contributed by atoms with Gasteiger partial charge < -0.3 is 10.6 Å². The van der Waals surface area contributed by atoms with Gasteiger partial charge in [0.15, 0.2) is 20.6 Å². The summed E-state index contributed by atoms with van der Waals surface area (Å²) in [5.41, 5.74) is 5.96. The molecule has 2 N–H and O–H groups in total. The fourth-order valence-corrected chi connectivity index (χ4v) is 2.77. The Morgan fingerprint density at radius 1 is 1.42 bits per heavy atom. The van der Waals surface area contributed by atoms with Gasteiger partial charge in [0.2, 0.25) is 0 Å². The van der Waals surface area contributed by atoms with Crippen LogP contribution >= 0.6 is 0 Å². The molecular weight excluding hydrogens is 264 g/mol. The molecule has 0 radical (unpaired) electrons. The normalized spacial score (nSPS) is 12.1. The molecule has 0 unspecified atom stereocenters. The first-order valence-electron chi connectivity index (χ1n) is 6.45. The van der Waals surface area contributed by atoms with Crippen LogP contribution in [0.3, 0.4) is 0 Å². The van der Waals surface area contributed by atoms with Gasteiger partial charge in [0.25, 0.3) is 0 Å². The smallest absolute Gasteiger partial charge is 0.182 e. The maximum atomic E-state index is 11.9. The zero-order chi connectivity index (χ0) is 14.8. The minimum absolute atomic E-state index is 0.139. The van der Waals surface area contributed by atoms with Gasteiger partial charge in [-0.1, -0.05) is 13.8 Å². The number of sulfone groups is 1. The lowest BCUT2D eigenvalue weighted by molar-refractivity contribution is 0.491. The van der Waals surface area contributed by atoms with Crippen LogP contribution in [-0.4, -0.2) is 38.0 Å². The topological polar surface area (TPSA) is 81.2 Å². The lowest BCUT2D eigenvalue weighted by Gasteiger charge is -2.14. The summed E-state index contributed by atoms with van der Waals surface area (Å²) < 4.78 is 25.4. The van der Waals surface area contributed by atoms with Crippen molar-refractivity contribution in [2.75, 3.05) is 30.5 Å². The van der Waals surface area contributed by atoms with Gasteiger partial charge in [-0.15, -0.1) is 0 Å². The van der Waals surface area contributed by atoms with Crippen LogP contribution in [0.25, 0.3) is 0 Å². The van der Waals surface area contributed by atoms with Crippen molar-refractivity contribution in [3.05, 3.63) is 0 Å². The minimum atomic E-state index is -3.39. The van der Waals surface area contributed by atoms with E-state index in [-0.39, 0.29) is 10.7 Å². The van der Waals surface area contributed by atoms with E-state index in [0.717, 1.165) is 6.42 Å². The molecule has 1 heterocycles. The lowest BCUT2D eigenvalue weighted by Crippen LogP contribution is -2.19. The molecule has 0 spiro atoms. The third-order valence-corrected chi connectivity index (χ3v) is 4.19. The number of hydrogen-bond acceptors (Lipinski definition) is 5. The monoisotopic (exact) mass is 288 g/mol. The van der Waals surface area contributed by atoms with Gasteiger partial charge in [-0.2, -0.15) is 5.10 Å². The second kappa shape index (κ2) is 5.81. The molecule has 0 amide bonds. The van der Waals surface area contributed by atoms with E-state index in [1.165, 1.54) is 6.26 Å². The van der Waals surface area contributed by atoms with Crippen LogP contribution in [0.2, 0.25) is 0 Å². The van der Waals surface area contributed by atoms with Crippen LogP contribution in [0.5, 0.6) is 0 Å². The Balaban J connectivity index is 3.27. The highest BCUT2D eigenvalue weighted by atomic mass is 32.2. The van der Waals surface area contributed by atoms with E-state index >= 15 is 0 Å². The van der Waals surface area contributed by atoms with Gasteiger partial charge in [0.1, 0.15) is 5.82 Å². The van der Waals surface area contributed by atoms with Crippen molar-refractivity contribution in [3.63, 3.8) is 0 Å². The van der Waals surface area contributed by atoms with E-state index < -0.39 is 9.84 Å². The van der Waals surface area contributed by atoms with Crippen molar-refractivity contribution in [2.24, 2.45) is 5.92 Å². The molecule has 0 atom stereocenters. The molecule has 19 heavy (non-hydrogen) atoms. The fraction of sp³-hybridized carbons (Fsp3) is 0.750. The molecule has 0 fully saturated rings. The second-order valence-electron chi connectivity index (χ2n) is 5.23. The van der Waals surface area contributed by atoms with Crippen LogP contribution in [-0.2, 0) is 16.4 Å². The van der Waals surface area contributed by atoms with Gasteiger partial charge in [-0.3, -0.25) is 0 Å². The molecule has 0 bridgehead atoms. The number of nitrogens with zero attached hydrogens (tertiary/aromatic N) is 3. The molecule has 0 aliphatic rings. The van der Waals surface area contributed by atoms with Gasteiger partial charge >= 0.3 is 0 Å². The summed E-state index contributed by atoms with van der Waals surface area (Å²) in [7, 11) is -1.58. The lowest BCUT2D eigenvalue weighted by atomic mass is 10.1. The van der Waals surface area contributed by atoms with Gasteiger partial charge in [0, 0.05) is 26.4 Å². The van der Waals surface area contributed by atoms with E-state index in [4.69, 9.17) is 5.73 Å². The maximum Gasteiger partial charge on any atom is 0.182 e. The van der Waals surface area contributed by atoms with E-state index in [0.29, 0.717) is 24.8 Å². The molecular formula is C12H24N4O2S. The summed E-state index contributed by atoms with van der Waals surface area (Å²) in [5.74, 6) is 1.18. The van der Waals surface area contributed by atoms with Crippen molar-refractivity contribution in [2.45, 2.75) is 38.6 Å². The van der Waals surface area contributed by atoms with Crippen molar-refractivity contribution in [1.82, 2.24) is 9.78 Å². The Labute approximate surface area is 115 Å². The first kappa shape index (κ1) is 15.8. The summed E-state index contributed by atoms with van der Waals surface area (Å²) in [4.78, 5) is 1.93. The van der Waals surface area contributed by atoms with E-state index in [1.807, 2.05) is 14.0 Å². The third kappa shape index (κ3) is 3.62. The van der Waals surface area contributed by atoms with E-state index in [2.05, 4.69) is 18.9 Å². The summed E-state index contributed by atoms with van der Waals surface area (Å²) in [6, 6.07) is 0. The highest BCUT2D eigenvalue weighted by Crippen LogP contribution is 2.29. The van der Waals surface area contributed by atoms with Gasteiger partial charge in [-0.05, 0) is 19.3 Å². The highest BCUT2D eigenvalue weighted by molar-refractivity contribution is 7.91. The summed E-state index contributed by atoms with van der Waals surface area (Å²) >= 11 is 0. The zero-order valence-electron chi connectivity index (χ0n) is 12.3. The number of aromatic nitrogens is 2. The van der Waals surface area contributed by atoms with Crippen LogP contribution in [0, 0.1) is 5.92 Å². The number of anilines is 2. The van der Waals surface area contributed by atoms with Gasteiger partial charge in [0.05, 0.1) is 0 Å². The van der Waals surface area contributed by atoms with Crippen molar-refractivity contribution in [1.29, 1.82) is 0 Å². The molecule has 1 aromatic rings. The molecule has 7 heteroatoms. The molecule has 1 aromatic heterocycles. The number of rotatable bonds is 6. The molecule has 0 aliphatic heterocycles. The molecule has 0 aromatic carbocycles. The Hall–Kier alpha value is -1.24. The summed E-state index contributed by atoms with van der Waals surface area (Å²) in [6.45, 7) is 7.45. The number of nitrogens with two attached hydrogens (primary N) is 1. The highest BCUT2D eigenvalue weighted by Gasteiger charge is 2.25. The average Bonchev–Trinajstić information content (AvgIpc) is 2.62. The van der Waals surface area contributed by atoms with Crippen molar-refractivity contribution in [3.8, 4) is 0 Å². The predicted molar refractivity (Wildman–Crippen MR) is 78.1 cm³/mol. The number of hydrogen-bond donors (Lipinski definition) is 1. The Bertz CT molecular complexity index is 534. The Kier molecular flexibility index (Phi) is 4.84. The fourth-order valence-electron chi connectivity index (χ4n) is 1.75. The zero-order valence-corrected chi connectivity index (χ0v) is 13.2. The molecule has 6 nitrogen and oxygen atoms in total. The van der Waals surface area contributed by atoms with Crippen molar-refractivity contribution >= 4 is 21.5 Å². The summed E-state index contributed by atoms with van der Waals surface area (Å²) in [6.07, 6.45) is 2.07. The van der Waals surface area contributed by atoms with E-state index in [1.54, 1.807) is 9.58 Å². The SMILES string of the molecule is CCN(C)c1nn(CCC(C)C)c(N)c1S(C)(=O)=O. The third-order valence-electron chi connectivity index (χ3n) is 3.05. The standard InChI is InChI=1S/C12H24N4O2S/c1-6-15(4)12-10(19(5,17)18)11(13)16(14-12)8-7-9(2)3/h9H,6-8,13H2,1-5H3. The molecule has 0 saturated carbocycles. The number of nitrogen functional groups attached to an aromatic ring is 1. The Morgan fingerprint density at radius 2 is 2.00 bits per heavy atom. The van der Waals surface area contributed by atoms with E-state index in [9.17, 15) is 8.42 Å². The average molecular weight is 288 g/mol. The maximum absolute atomic E-state index is 11.9. The first-order chi connectivity index (χ1) is 8.68. The quantitative estimate of drug-likeness (QED) is 0.855. The molecule has 0 aliphatic carbocycles.